The van der Waals surface area contributed by atoms with E-state index in [1.54, 1.807) is 6.07 Å². The molecule has 0 aliphatic carbocycles. The summed E-state index contributed by atoms with van der Waals surface area (Å²) in [6, 6.07) is 1.73. The van der Waals surface area contributed by atoms with E-state index in [9.17, 15) is 8.78 Å². The van der Waals surface area contributed by atoms with Crippen LogP contribution in [0.4, 0.5) is 8.78 Å². The molecule has 0 spiro atoms. The number of nitrogens with two attached hydrogens (primary N) is 1. The summed E-state index contributed by atoms with van der Waals surface area (Å²) in [7, 11) is 0. The molecule has 0 radical (unpaired) electrons. The summed E-state index contributed by atoms with van der Waals surface area (Å²) in [5.41, 5.74) is 5.08. The molecule has 0 aliphatic rings. The van der Waals surface area contributed by atoms with Crippen LogP contribution in [0.25, 0.3) is 0 Å². The third-order valence-electron chi connectivity index (χ3n) is 1.54. The van der Waals surface area contributed by atoms with Gasteiger partial charge in [-0.3, -0.25) is 0 Å². The molecule has 0 heterocycles. The molecule has 0 amide bonds. The lowest BCUT2D eigenvalue weighted by Gasteiger charge is -2.06. The molecule has 0 fully saturated rings. The van der Waals surface area contributed by atoms with Gasteiger partial charge < -0.3 is 10.8 Å². The zero-order valence-electron chi connectivity index (χ0n) is 6.46. The Kier molecular flexibility index (Phi) is 2.44. The lowest BCUT2D eigenvalue weighted by atomic mass is 10.1. The second kappa shape index (κ2) is 3.37. The Bertz CT molecular complexity index is 373. The summed E-state index contributed by atoms with van der Waals surface area (Å²) in [4.78, 5) is 0. The Morgan fingerprint density at radius 3 is 2.46 bits per heavy atom. The molecule has 0 aromatic heterocycles. The van der Waals surface area contributed by atoms with E-state index >= 15 is 0 Å². The summed E-state index contributed by atoms with van der Waals surface area (Å²) in [6.07, 6.45) is 0. The van der Waals surface area contributed by atoms with Gasteiger partial charge in [0.25, 0.3) is 0 Å². The molecule has 3 nitrogen and oxygen atoms in total. The largest absolute Gasteiger partial charge is 0.507 e. The molecule has 5 heteroatoms. The van der Waals surface area contributed by atoms with E-state index in [-0.39, 0.29) is 5.56 Å². The van der Waals surface area contributed by atoms with Crippen LogP contribution in [-0.4, -0.2) is 5.11 Å². The normalized spacial score (nSPS) is 12.2. The van der Waals surface area contributed by atoms with Gasteiger partial charge in [-0.25, -0.2) is 8.78 Å². The highest BCUT2D eigenvalue weighted by atomic mass is 19.2. The van der Waals surface area contributed by atoms with Gasteiger partial charge in [0.15, 0.2) is 11.6 Å². The third kappa shape index (κ3) is 1.73. The Morgan fingerprint density at radius 1 is 1.38 bits per heavy atom. The van der Waals surface area contributed by atoms with E-state index in [0.29, 0.717) is 12.1 Å². The SMILES string of the molecule is N#CC(N)c1cc(F)c(F)cc1O. The second-order valence-electron chi connectivity index (χ2n) is 2.43. The highest BCUT2D eigenvalue weighted by Crippen LogP contribution is 2.24. The minimum absolute atomic E-state index is 0.124. The summed E-state index contributed by atoms with van der Waals surface area (Å²) < 4.78 is 25.1. The van der Waals surface area contributed by atoms with Gasteiger partial charge >= 0.3 is 0 Å². The summed E-state index contributed by atoms with van der Waals surface area (Å²) in [5, 5.41) is 17.5. The van der Waals surface area contributed by atoms with Gasteiger partial charge in [0.1, 0.15) is 11.8 Å². The maximum absolute atomic E-state index is 12.6. The summed E-state index contributed by atoms with van der Waals surface area (Å²) >= 11 is 0. The van der Waals surface area contributed by atoms with Gasteiger partial charge in [0.05, 0.1) is 6.07 Å². The first-order valence-corrected chi connectivity index (χ1v) is 3.39. The maximum Gasteiger partial charge on any atom is 0.162 e. The van der Waals surface area contributed by atoms with Crippen LogP contribution in [0.1, 0.15) is 11.6 Å². The number of aromatic hydroxyl groups is 1. The van der Waals surface area contributed by atoms with Crippen molar-refractivity contribution in [2.45, 2.75) is 6.04 Å². The minimum atomic E-state index is -1.17. The maximum atomic E-state index is 12.6. The van der Waals surface area contributed by atoms with Gasteiger partial charge in [0, 0.05) is 11.6 Å². The minimum Gasteiger partial charge on any atom is -0.507 e. The Labute approximate surface area is 73.0 Å². The average molecular weight is 184 g/mol. The van der Waals surface area contributed by atoms with Gasteiger partial charge in [-0.2, -0.15) is 5.26 Å². The predicted octanol–water partition coefficient (Wildman–Crippen LogP) is 1.19. The Morgan fingerprint density at radius 2 is 1.92 bits per heavy atom. The fraction of sp³-hybridized carbons (Fsp3) is 0.125. The monoisotopic (exact) mass is 184 g/mol. The van der Waals surface area contributed by atoms with Crippen LogP contribution in [0.3, 0.4) is 0 Å². The van der Waals surface area contributed by atoms with Crippen LogP contribution >= 0.6 is 0 Å². The van der Waals surface area contributed by atoms with E-state index in [4.69, 9.17) is 16.1 Å². The first kappa shape index (κ1) is 9.42. The lowest BCUT2D eigenvalue weighted by Crippen LogP contribution is -2.08. The molecule has 1 aromatic rings. The van der Waals surface area contributed by atoms with E-state index in [2.05, 4.69) is 0 Å². The molecule has 13 heavy (non-hydrogen) atoms. The van der Waals surface area contributed by atoms with Crippen molar-refractivity contribution >= 4 is 0 Å². The molecule has 0 saturated carbocycles. The number of benzene rings is 1. The van der Waals surface area contributed by atoms with Gasteiger partial charge in [-0.05, 0) is 6.07 Å². The standard InChI is InChI=1S/C8H6F2N2O/c9-5-1-4(7(12)3-11)8(13)2-6(5)10/h1-2,7,13H,12H2. The Balaban J connectivity index is 3.25. The van der Waals surface area contributed by atoms with Crippen molar-refractivity contribution in [2.75, 3.05) is 0 Å². The van der Waals surface area contributed by atoms with Crippen LogP contribution in [-0.2, 0) is 0 Å². The van der Waals surface area contributed by atoms with E-state index in [1.165, 1.54) is 0 Å². The van der Waals surface area contributed by atoms with Crippen LogP contribution < -0.4 is 5.73 Å². The number of rotatable bonds is 1. The quantitative estimate of drug-likeness (QED) is 0.688. The molecule has 0 aliphatic heterocycles. The van der Waals surface area contributed by atoms with Gasteiger partial charge in [0.2, 0.25) is 0 Å². The smallest absolute Gasteiger partial charge is 0.162 e. The topological polar surface area (TPSA) is 70.0 Å². The first-order valence-electron chi connectivity index (χ1n) is 3.39. The summed E-state index contributed by atoms with van der Waals surface area (Å²) in [6.45, 7) is 0. The summed E-state index contributed by atoms with van der Waals surface area (Å²) in [5.74, 6) is -2.84. The number of hydrogen-bond acceptors (Lipinski definition) is 3. The zero-order chi connectivity index (χ0) is 10.0. The Hall–Kier alpha value is -1.67. The van der Waals surface area contributed by atoms with Gasteiger partial charge in [-0.1, -0.05) is 0 Å². The van der Waals surface area contributed by atoms with Crippen LogP contribution in [0.5, 0.6) is 5.75 Å². The fourth-order valence-corrected chi connectivity index (χ4v) is 0.870. The number of phenols is 1. The van der Waals surface area contributed by atoms with Crippen LogP contribution in [0, 0.1) is 23.0 Å². The molecular weight excluding hydrogens is 178 g/mol. The number of nitrogens with zero attached hydrogens (tertiary/aromatic N) is 1. The first-order chi connectivity index (χ1) is 6.06. The molecule has 68 valence electrons. The molecule has 1 atom stereocenters. The highest BCUT2D eigenvalue weighted by Gasteiger charge is 2.14. The number of halogens is 2. The van der Waals surface area contributed by atoms with Crippen molar-refractivity contribution in [3.05, 3.63) is 29.3 Å². The number of nitriles is 1. The molecule has 0 bridgehead atoms. The molecule has 3 N–H and O–H groups in total. The number of hydrogen-bond donors (Lipinski definition) is 2. The molecule has 1 unspecified atom stereocenters. The van der Waals surface area contributed by atoms with E-state index < -0.39 is 23.4 Å². The van der Waals surface area contributed by atoms with E-state index in [0.717, 1.165) is 0 Å². The lowest BCUT2D eigenvalue weighted by molar-refractivity contribution is 0.445. The number of phenolic OH excluding ortho intramolecular Hbond substituents is 1. The van der Waals surface area contributed by atoms with Crippen molar-refractivity contribution in [3.63, 3.8) is 0 Å². The van der Waals surface area contributed by atoms with Gasteiger partial charge in [-0.15, -0.1) is 0 Å². The second-order valence-corrected chi connectivity index (χ2v) is 2.43. The third-order valence-corrected chi connectivity index (χ3v) is 1.54. The van der Waals surface area contributed by atoms with Crippen molar-refractivity contribution in [1.82, 2.24) is 0 Å². The molecular formula is C8H6F2N2O. The van der Waals surface area contributed by atoms with Crippen molar-refractivity contribution in [1.29, 1.82) is 5.26 Å². The molecule has 1 rings (SSSR count). The fourth-order valence-electron chi connectivity index (χ4n) is 0.870. The van der Waals surface area contributed by atoms with Crippen molar-refractivity contribution < 1.29 is 13.9 Å². The molecule has 1 aromatic carbocycles. The highest BCUT2D eigenvalue weighted by molar-refractivity contribution is 5.38. The van der Waals surface area contributed by atoms with Crippen LogP contribution in [0.2, 0.25) is 0 Å². The van der Waals surface area contributed by atoms with Crippen molar-refractivity contribution in [2.24, 2.45) is 5.73 Å². The average Bonchev–Trinajstić information content (AvgIpc) is 2.10. The molecule has 0 saturated heterocycles. The predicted molar refractivity (Wildman–Crippen MR) is 40.6 cm³/mol. The van der Waals surface area contributed by atoms with Crippen LogP contribution in [0.15, 0.2) is 12.1 Å². The van der Waals surface area contributed by atoms with Crippen molar-refractivity contribution in [3.8, 4) is 11.8 Å². The van der Waals surface area contributed by atoms with E-state index in [1.807, 2.05) is 0 Å². The zero-order valence-corrected chi connectivity index (χ0v) is 6.46.